The number of anilines is 1. The average molecular weight is 246 g/mol. The second kappa shape index (κ2) is 5.49. The number of rotatable bonds is 4. The van der Waals surface area contributed by atoms with E-state index >= 15 is 0 Å². The molecule has 0 bridgehead atoms. The molecule has 0 saturated heterocycles. The molecule has 94 valence electrons. The van der Waals surface area contributed by atoms with Crippen LogP contribution in [0.15, 0.2) is 42.6 Å². The summed E-state index contributed by atoms with van der Waals surface area (Å²) in [7, 11) is 1.95. The summed E-state index contributed by atoms with van der Waals surface area (Å²) in [4.78, 5) is 11.7. The molecule has 4 heteroatoms. The summed E-state index contributed by atoms with van der Waals surface area (Å²) in [5.74, 6) is -0.375. The lowest BCUT2D eigenvalue weighted by Gasteiger charge is -2.06. The number of nitrogens with zero attached hydrogens (tertiary/aromatic N) is 1. The number of hydrogen-bond acceptors (Lipinski definition) is 1. The fourth-order valence-electron chi connectivity index (χ4n) is 1.75. The smallest absolute Gasteiger partial charge is 0.224 e. The van der Waals surface area contributed by atoms with Crippen LogP contribution in [0.1, 0.15) is 12.1 Å². The van der Waals surface area contributed by atoms with E-state index in [-0.39, 0.29) is 11.7 Å². The molecule has 18 heavy (non-hydrogen) atoms. The zero-order valence-electron chi connectivity index (χ0n) is 10.2. The maximum absolute atomic E-state index is 12.7. The van der Waals surface area contributed by atoms with Crippen LogP contribution >= 0.6 is 0 Å². The van der Waals surface area contributed by atoms with Crippen LogP contribution in [0.5, 0.6) is 0 Å². The van der Waals surface area contributed by atoms with Crippen LogP contribution in [-0.4, -0.2) is 10.5 Å². The van der Waals surface area contributed by atoms with E-state index in [2.05, 4.69) is 5.32 Å². The zero-order chi connectivity index (χ0) is 13.0. The lowest BCUT2D eigenvalue weighted by Crippen LogP contribution is -2.13. The van der Waals surface area contributed by atoms with Crippen molar-refractivity contribution in [1.82, 2.24) is 4.57 Å². The van der Waals surface area contributed by atoms with Crippen molar-refractivity contribution in [3.63, 3.8) is 0 Å². The Morgan fingerprint density at radius 3 is 2.61 bits per heavy atom. The van der Waals surface area contributed by atoms with E-state index in [1.807, 2.05) is 29.9 Å². The van der Waals surface area contributed by atoms with Gasteiger partial charge >= 0.3 is 0 Å². The van der Waals surface area contributed by atoms with Crippen LogP contribution in [0.25, 0.3) is 0 Å². The SMILES string of the molecule is Cn1cccc1CCC(=O)Nc1ccc(F)cc1. The van der Waals surface area contributed by atoms with Crippen LogP contribution in [0.4, 0.5) is 10.1 Å². The largest absolute Gasteiger partial charge is 0.354 e. The summed E-state index contributed by atoms with van der Waals surface area (Å²) in [5.41, 5.74) is 1.73. The number of aryl methyl sites for hydroxylation is 2. The van der Waals surface area contributed by atoms with Crippen molar-refractivity contribution in [3.05, 3.63) is 54.1 Å². The standard InChI is InChI=1S/C14H15FN2O/c1-17-10-2-3-13(17)8-9-14(18)16-12-6-4-11(15)5-7-12/h2-7,10H,8-9H2,1H3,(H,16,18). The predicted molar refractivity (Wildman–Crippen MR) is 68.8 cm³/mol. The minimum Gasteiger partial charge on any atom is -0.354 e. The molecule has 0 radical (unpaired) electrons. The van der Waals surface area contributed by atoms with Crippen molar-refractivity contribution in [1.29, 1.82) is 0 Å². The summed E-state index contributed by atoms with van der Waals surface area (Å²) >= 11 is 0. The Morgan fingerprint density at radius 1 is 1.28 bits per heavy atom. The molecule has 0 unspecified atom stereocenters. The van der Waals surface area contributed by atoms with Crippen molar-refractivity contribution >= 4 is 11.6 Å². The Labute approximate surface area is 105 Å². The van der Waals surface area contributed by atoms with Crippen molar-refractivity contribution in [2.24, 2.45) is 7.05 Å². The van der Waals surface area contributed by atoms with E-state index < -0.39 is 0 Å². The second-order valence-electron chi connectivity index (χ2n) is 4.17. The molecule has 0 fully saturated rings. The molecular weight excluding hydrogens is 231 g/mol. The van der Waals surface area contributed by atoms with E-state index in [0.29, 0.717) is 18.5 Å². The number of amides is 1. The Kier molecular flexibility index (Phi) is 3.77. The molecule has 0 spiro atoms. The van der Waals surface area contributed by atoms with Gasteiger partial charge < -0.3 is 9.88 Å². The van der Waals surface area contributed by atoms with Gasteiger partial charge in [0.2, 0.25) is 5.91 Å². The molecule has 1 heterocycles. The van der Waals surface area contributed by atoms with Crippen molar-refractivity contribution < 1.29 is 9.18 Å². The molecule has 1 amide bonds. The normalized spacial score (nSPS) is 10.3. The topological polar surface area (TPSA) is 34.0 Å². The molecule has 0 aliphatic heterocycles. The van der Waals surface area contributed by atoms with Crippen molar-refractivity contribution in [3.8, 4) is 0 Å². The molecular formula is C14H15FN2O. The lowest BCUT2D eigenvalue weighted by molar-refractivity contribution is -0.116. The van der Waals surface area contributed by atoms with Gasteiger partial charge in [-0.15, -0.1) is 0 Å². The summed E-state index contributed by atoms with van der Waals surface area (Å²) < 4.78 is 14.7. The van der Waals surface area contributed by atoms with Gasteiger partial charge in [-0.2, -0.15) is 0 Å². The van der Waals surface area contributed by atoms with Crippen LogP contribution in [-0.2, 0) is 18.3 Å². The summed E-state index contributed by atoms with van der Waals surface area (Å²) in [6.07, 6.45) is 3.05. The fourth-order valence-corrected chi connectivity index (χ4v) is 1.75. The number of aromatic nitrogens is 1. The molecule has 0 saturated carbocycles. The van der Waals surface area contributed by atoms with Gasteiger partial charge in [0.15, 0.2) is 0 Å². The number of carbonyl (C=O) groups is 1. The molecule has 1 aromatic carbocycles. The van der Waals surface area contributed by atoms with E-state index in [1.165, 1.54) is 12.1 Å². The van der Waals surface area contributed by atoms with E-state index in [4.69, 9.17) is 0 Å². The third kappa shape index (κ3) is 3.20. The summed E-state index contributed by atoms with van der Waals surface area (Å²) in [6, 6.07) is 9.70. The maximum Gasteiger partial charge on any atom is 0.224 e. The molecule has 0 aliphatic rings. The van der Waals surface area contributed by atoms with Gasteiger partial charge in [0.1, 0.15) is 5.82 Å². The highest BCUT2D eigenvalue weighted by atomic mass is 19.1. The van der Waals surface area contributed by atoms with Crippen LogP contribution in [0.3, 0.4) is 0 Å². The van der Waals surface area contributed by atoms with Crippen LogP contribution in [0.2, 0.25) is 0 Å². The van der Waals surface area contributed by atoms with Crippen LogP contribution in [0, 0.1) is 5.82 Å². The van der Waals surface area contributed by atoms with Gasteiger partial charge in [-0.1, -0.05) is 0 Å². The van der Waals surface area contributed by atoms with E-state index in [1.54, 1.807) is 12.1 Å². The first-order valence-electron chi connectivity index (χ1n) is 5.81. The predicted octanol–water partition coefficient (Wildman–Crippen LogP) is 2.74. The highest BCUT2D eigenvalue weighted by molar-refractivity contribution is 5.90. The van der Waals surface area contributed by atoms with Crippen LogP contribution < -0.4 is 5.32 Å². The molecule has 3 nitrogen and oxygen atoms in total. The Hall–Kier alpha value is -2.10. The number of carbonyl (C=O) groups excluding carboxylic acids is 1. The minimum atomic E-state index is -0.309. The first kappa shape index (κ1) is 12.4. The number of halogens is 1. The summed E-state index contributed by atoms with van der Waals surface area (Å²) in [5, 5.41) is 2.74. The minimum absolute atomic E-state index is 0.0668. The summed E-state index contributed by atoms with van der Waals surface area (Å²) in [6.45, 7) is 0. The van der Waals surface area contributed by atoms with Gasteiger partial charge in [0.25, 0.3) is 0 Å². The van der Waals surface area contributed by atoms with Gasteiger partial charge in [-0.25, -0.2) is 4.39 Å². The van der Waals surface area contributed by atoms with E-state index in [0.717, 1.165) is 5.69 Å². The molecule has 0 aliphatic carbocycles. The Morgan fingerprint density at radius 2 is 2.00 bits per heavy atom. The highest BCUT2D eigenvalue weighted by Gasteiger charge is 2.04. The van der Waals surface area contributed by atoms with Gasteiger partial charge in [-0.3, -0.25) is 4.79 Å². The number of hydrogen-bond donors (Lipinski definition) is 1. The van der Waals surface area contributed by atoms with Gasteiger partial charge in [0.05, 0.1) is 0 Å². The third-order valence-electron chi connectivity index (χ3n) is 2.79. The highest BCUT2D eigenvalue weighted by Crippen LogP contribution is 2.10. The van der Waals surface area contributed by atoms with Crippen molar-refractivity contribution in [2.75, 3.05) is 5.32 Å². The fraction of sp³-hybridized carbons (Fsp3) is 0.214. The quantitative estimate of drug-likeness (QED) is 0.884. The Bertz CT molecular complexity index is 531. The van der Waals surface area contributed by atoms with Crippen molar-refractivity contribution in [2.45, 2.75) is 12.8 Å². The first-order valence-corrected chi connectivity index (χ1v) is 5.81. The maximum atomic E-state index is 12.7. The van der Waals surface area contributed by atoms with E-state index in [9.17, 15) is 9.18 Å². The van der Waals surface area contributed by atoms with Gasteiger partial charge in [-0.05, 0) is 42.8 Å². The number of benzene rings is 1. The average Bonchev–Trinajstić information content (AvgIpc) is 2.75. The monoisotopic (exact) mass is 246 g/mol. The molecule has 1 aromatic heterocycles. The molecule has 0 atom stereocenters. The molecule has 2 aromatic rings. The van der Waals surface area contributed by atoms with Gasteiger partial charge in [0, 0.05) is 31.0 Å². The zero-order valence-corrected chi connectivity index (χ0v) is 10.2. The second-order valence-corrected chi connectivity index (χ2v) is 4.17. The Balaban J connectivity index is 1.86. The number of nitrogens with one attached hydrogen (secondary N) is 1. The molecule has 1 N–H and O–H groups in total. The third-order valence-corrected chi connectivity index (χ3v) is 2.79. The first-order chi connectivity index (χ1) is 8.65. The molecule has 2 rings (SSSR count). The lowest BCUT2D eigenvalue weighted by atomic mass is 10.2.